The van der Waals surface area contributed by atoms with E-state index in [-0.39, 0.29) is 0 Å². The first-order valence-corrected chi connectivity index (χ1v) is 5.88. The molecule has 5 heteroatoms. The van der Waals surface area contributed by atoms with E-state index in [0.717, 1.165) is 0 Å². The van der Waals surface area contributed by atoms with E-state index < -0.39 is 11.6 Å². The van der Waals surface area contributed by atoms with Crippen LogP contribution in [0, 0.1) is 0 Å². The molecule has 0 radical (unpaired) electrons. The van der Waals surface area contributed by atoms with E-state index in [0.29, 0.717) is 10.8 Å². The second-order valence-corrected chi connectivity index (χ2v) is 4.46. The summed E-state index contributed by atoms with van der Waals surface area (Å²) in [5.41, 5.74) is -0.832. The number of aromatic nitrogens is 1. The van der Waals surface area contributed by atoms with Gasteiger partial charge in [0.15, 0.2) is 0 Å². The largest absolute Gasteiger partial charge is 0.478 e. The zero-order chi connectivity index (χ0) is 12.3. The Balaban J connectivity index is 2.37. The summed E-state index contributed by atoms with van der Waals surface area (Å²) >= 11 is 1.27. The van der Waals surface area contributed by atoms with Crippen molar-refractivity contribution in [2.75, 3.05) is 0 Å². The second-order valence-electron chi connectivity index (χ2n) is 3.60. The van der Waals surface area contributed by atoms with Crippen molar-refractivity contribution in [3.05, 3.63) is 47.5 Å². The normalized spacial score (nSPS) is 13.9. The van der Waals surface area contributed by atoms with Gasteiger partial charge in [0.05, 0.1) is 0 Å². The number of rotatable bonds is 4. The predicted molar refractivity (Wildman–Crippen MR) is 64.2 cm³/mol. The van der Waals surface area contributed by atoms with Crippen LogP contribution < -0.4 is 4.74 Å². The van der Waals surface area contributed by atoms with E-state index in [1.165, 1.54) is 18.3 Å². The maximum atomic E-state index is 11.4. The average Bonchev–Trinajstić information content (AvgIpc) is 2.82. The molecule has 0 bridgehead atoms. The summed E-state index contributed by atoms with van der Waals surface area (Å²) in [6.07, 6.45) is 1.58. The fourth-order valence-corrected chi connectivity index (χ4v) is 1.99. The maximum Gasteiger partial charge on any atom is 0.352 e. The molecule has 0 aliphatic heterocycles. The molecule has 0 aliphatic rings. The first-order chi connectivity index (χ1) is 8.13. The summed E-state index contributed by atoms with van der Waals surface area (Å²) < 4.78 is 5.50. The van der Waals surface area contributed by atoms with Gasteiger partial charge in [-0.15, -0.1) is 0 Å². The Morgan fingerprint density at radius 3 is 2.65 bits per heavy atom. The molecule has 0 spiro atoms. The fourth-order valence-electron chi connectivity index (χ4n) is 1.42. The van der Waals surface area contributed by atoms with E-state index in [9.17, 15) is 9.90 Å². The molecular formula is C12H11NO3S. The zero-order valence-corrected chi connectivity index (χ0v) is 9.98. The van der Waals surface area contributed by atoms with Crippen molar-refractivity contribution in [2.24, 2.45) is 0 Å². The van der Waals surface area contributed by atoms with Crippen LogP contribution in [-0.2, 0) is 10.4 Å². The highest BCUT2D eigenvalue weighted by Crippen LogP contribution is 2.29. The minimum atomic E-state index is -1.42. The fraction of sp³-hybridized carbons (Fsp3) is 0.167. The molecule has 88 valence electrons. The lowest BCUT2D eigenvalue weighted by Gasteiger charge is -2.25. The van der Waals surface area contributed by atoms with Gasteiger partial charge in [0.2, 0.25) is 5.60 Å². The summed E-state index contributed by atoms with van der Waals surface area (Å²) in [4.78, 5) is 15.3. The van der Waals surface area contributed by atoms with Crippen molar-refractivity contribution in [1.82, 2.24) is 4.98 Å². The standard InChI is InChI=1S/C12H11NO3S/c1-12(10(14)15,9-5-3-2-4-6-9)16-11-13-7-8-17-11/h2-8H,1H3,(H,14,15). The van der Waals surface area contributed by atoms with E-state index in [4.69, 9.17) is 4.74 Å². The zero-order valence-electron chi connectivity index (χ0n) is 9.16. The Hall–Kier alpha value is -1.88. The quantitative estimate of drug-likeness (QED) is 0.904. The maximum absolute atomic E-state index is 11.4. The van der Waals surface area contributed by atoms with Crippen LogP contribution in [-0.4, -0.2) is 16.1 Å². The van der Waals surface area contributed by atoms with Crippen molar-refractivity contribution in [3.63, 3.8) is 0 Å². The first kappa shape index (κ1) is 11.6. The predicted octanol–water partition coefficient (Wildman–Crippen LogP) is 2.52. The number of hydrogen-bond acceptors (Lipinski definition) is 4. The molecule has 0 aliphatic carbocycles. The van der Waals surface area contributed by atoms with Crippen LogP contribution in [0.5, 0.6) is 5.19 Å². The average molecular weight is 249 g/mol. The molecule has 2 aromatic rings. The van der Waals surface area contributed by atoms with Crippen LogP contribution in [0.1, 0.15) is 12.5 Å². The molecule has 0 fully saturated rings. The van der Waals surface area contributed by atoms with Crippen molar-refractivity contribution < 1.29 is 14.6 Å². The molecule has 0 saturated heterocycles. The molecule has 4 nitrogen and oxygen atoms in total. The Labute approximate surface area is 103 Å². The Kier molecular flexibility index (Phi) is 3.10. The first-order valence-electron chi connectivity index (χ1n) is 5.00. The van der Waals surface area contributed by atoms with Crippen LogP contribution in [0.4, 0.5) is 0 Å². The molecular weight excluding hydrogens is 238 g/mol. The molecule has 1 N–H and O–H groups in total. The van der Waals surface area contributed by atoms with Crippen LogP contribution >= 0.6 is 11.3 Å². The van der Waals surface area contributed by atoms with E-state index in [1.54, 1.807) is 35.8 Å². The number of aliphatic carboxylic acids is 1. The van der Waals surface area contributed by atoms with Crippen molar-refractivity contribution in [2.45, 2.75) is 12.5 Å². The highest BCUT2D eigenvalue weighted by atomic mass is 32.1. The number of nitrogens with zero attached hydrogens (tertiary/aromatic N) is 1. The summed E-state index contributed by atoms with van der Waals surface area (Å²) in [5, 5.41) is 11.4. The number of carboxylic acids is 1. The van der Waals surface area contributed by atoms with Gasteiger partial charge < -0.3 is 9.84 Å². The summed E-state index contributed by atoms with van der Waals surface area (Å²) in [6, 6.07) is 8.84. The third kappa shape index (κ3) is 2.29. The lowest BCUT2D eigenvalue weighted by Crippen LogP contribution is -2.38. The monoisotopic (exact) mass is 249 g/mol. The van der Waals surface area contributed by atoms with E-state index in [2.05, 4.69) is 4.98 Å². The second kappa shape index (κ2) is 4.55. The van der Waals surface area contributed by atoms with Crippen LogP contribution in [0.2, 0.25) is 0 Å². The van der Waals surface area contributed by atoms with Gasteiger partial charge in [-0.2, -0.15) is 0 Å². The van der Waals surface area contributed by atoms with Gasteiger partial charge in [-0.05, 0) is 6.92 Å². The number of hydrogen-bond donors (Lipinski definition) is 1. The van der Waals surface area contributed by atoms with Crippen LogP contribution in [0.15, 0.2) is 41.9 Å². The molecule has 1 aromatic heterocycles. The lowest BCUT2D eigenvalue weighted by atomic mass is 9.96. The number of benzene rings is 1. The highest BCUT2D eigenvalue weighted by molar-refractivity contribution is 7.11. The SMILES string of the molecule is CC(Oc1nccs1)(C(=O)O)c1ccccc1. The van der Waals surface area contributed by atoms with Crippen molar-refractivity contribution >= 4 is 17.3 Å². The summed E-state index contributed by atoms with van der Waals surface area (Å²) in [5.74, 6) is -1.04. The number of thiazole rings is 1. The molecule has 2 rings (SSSR count). The molecule has 0 saturated carbocycles. The topological polar surface area (TPSA) is 59.4 Å². The van der Waals surface area contributed by atoms with Gasteiger partial charge >= 0.3 is 5.97 Å². The Morgan fingerprint density at radius 1 is 1.41 bits per heavy atom. The van der Waals surface area contributed by atoms with Gasteiger partial charge in [0.1, 0.15) is 0 Å². The van der Waals surface area contributed by atoms with E-state index >= 15 is 0 Å². The molecule has 1 unspecified atom stereocenters. The molecule has 17 heavy (non-hydrogen) atoms. The Bertz CT molecular complexity index is 498. The van der Waals surface area contributed by atoms with Gasteiger partial charge in [-0.1, -0.05) is 41.7 Å². The summed E-state index contributed by atoms with van der Waals surface area (Å²) in [7, 11) is 0. The van der Waals surface area contributed by atoms with Crippen LogP contribution in [0.3, 0.4) is 0 Å². The minimum absolute atomic E-state index is 0.346. The smallest absolute Gasteiger partial charge is 0.352 e. The third-order valence-electron chi connectivity index (χ3n) is 2.43. The molecule has 1 aromatic carbocycles. The third-order valence-corrected chi connectivity index (χ3v) is 3.08. The van der Waals surface area contributed by atoms with Gasteiger partial charge in [-0.25, -0.2) is 9.78 Å². The van der Waals surface area contributed by atoms with Crippen molar-refractivity contribution in [3.8, 4) is 5.19 Å². The molecule has 0 amide bonds. The summed E-state index contributed by atoms with van der Waals surface area (Å²) in [6.45, 7) is 1.52. The van der Waals surface area contributed by atoms with Gasteiger partial charge in [-0.3, -0.25) is 0 Å². The van der Waals surface area contributed by atoms with Gasteiger partial charge in [0.25, 0.3) is 5.19 Å². The van der Waals surface area contributed by atoms with Crippen LogP contribution in [0.25, 0.3) is 0 Å². The van der Waals surface area contributed by atoms with E-state index in [1.807, 2.05) is 6.07 Å². The van der Waals surface area contributed by atoms with Crippen molar-refractivity contribution in [1.29, 1.82) is 0 Å². The van der Waals surface area contributed by atoms with Gasteiger partial charge in [0, 0.05) is 17.1 Å². The highest BCUT2D eigenvalue weighted by Gasteiger charge is 2.38. The lowest BCUT2D eigenvalue weighted by molar-refractivity contribution is -0.154. The number of ether oxygens (including phenoxy) is 1. The molecule has 1 atom stereocenters. The minimum Gasteiger partial charge on any atom is -0.478 e. The number of carbonyl (C=O) groups is 1. The number of carboxylic acid groups (broad SMARTS) is 1. The Morgan fingerprint density at radius 2 is 2.12 bits per heavy atom. The molecule has 1 heterocycles.